The van der Waals surface area contributed by atoms with Crippen LogP contribution in [0, 0.1) is 12.8 Å². The molecule has 0 unspecified atom stereocenters. The quantitative estimate of drug-likeness (QED) is 0.704. The summed E-state index contributed by atoms with van der Waals surface area (Å²) >= 11 is 0. The molecule has 1 saturated heterocycles. The van der Waals surface area contributed by atoms with Gasteiger partial charge in [0.2, 0.25) is 5.91 Å². The number of rotatable bonds is 5. The molecule has 1 fully saturated rings. The number of carbonyl (C=O) groups is 2. The van der Waals surface area contributed by atoms with E-state index in [1.54, 1.807) is 12.1 Å². The lowest BCUT2D eigenvalue weighted by molar-refractivity contribution is -0.125. The average Bonchev–Trinajstić information content (AvgIpc) is 2.52. The summed E-state index contributed by atoms with van der Waals surface area (Å²) in [7, 11) is 0. The number of piperidine rings is 1. The Morgan fingerprint density at radius 3 is 2.38 bits per heavy atom. The molecule has 1 aromatic carbocycles. The van der Waals surface area contributed by atoms with Crippen LogP contribution in [0.3, 0.4) is 0 Å². The molecule has 0 bridgehead atoms. The van der Waals surface area contributed by atoms with Crippen molar-refractivity contribution in [3.8, 4) is 0 Å². The molecular formula is C16H23N3O2. The number of hydrogen-bond donors (Lipinski definition) is 3. The van der Waals surface area contributed by atoms with E-state index in [2.05, 4.69) is 16.0 Å². The Bertz CT molecular complexity index is 479. The maximum Gasteiger partial charge on any atom is 0.251 e. The lowest BCUT2D eigenvalue weighted by Gasteiger charge is -2.21. The van der Waals surface area contributed by atoms with E-state index in [1.807, 2.05) is 19.1 Å². The van der Waals surface area contributed by atoms with E-state index in [0.717, 1.165) is 31.5 Å². The third-order valence-corrected chi connectivity index (χ3v) is 3.73. The van der Waals surface area contributed by atoms with Crippen LogP contribution in [0.1, 0.15) is 28.8 Å². The summed E-state index contributed by atoms with van der Waals surface area (Å²) in [5, 5.41) is 8.93. The summed E-state index contributed by atoms with van der Waals surface area (Å²) in [6, 6.07) is 7.43. The highest BCUT2D eigenvalue weighted by molar-refractivity contribution is 5.94. The van der Waals surface area contributed by atoms with Crippen LogP contribution < -0.4 is 16.0 Å². The lowest BCUT2D eigenvalue weighted by atomic mass is 9.97. The minimum absolute atomic E-state index is 0.0982. The van der Waals surface area contributed by atoms with E-state index in [1.165, 1.54) is 0 Å². The second-order valence-electron chi connectivity index (χ2n) is 5.44. The van der Waals surface area contributed by atoms with Gasteiger partial charge in [0, 0.05) is 24.6 Å². The molecule has 1 aliphatic heterocycles. The van der Waals surface area contributed by atoms with Gasteiger partial charge in [-0.15, -0.1) is 0 Å². The molecule has 0 aromatic heterocycles. The smallest absolute Gasteiger partial charge is 0.251 e. The molecule has 0 radical (unpaired) electrons. The van der Waals surface area contributed by atoms with E-state index in [4.69, 9.17) is 0 Å². The van der Waals surface area contributed by atoms with Gasteiger partial charge < -0.3 is 16.0 Å². The van der Waals surface area contributed by atoms with Crippen molar-refractivity contribution >= 4 is 11.8 Å². The minimum Gasteiger partial charge on any atom is -0.354 e. The minimum atomic E-state index is -0.105. The molecule has 2 amide bonds. The molecule has 2 rings (SSSR count). The third-order valence-electron chi connectivity index (χ3n) is 3.73. The topological polar surface area (TPSA) is 70.2 Å². The van der Waals surface area contributed by atoms with E-state index in [-0.39, 0.29) is 17.7 Å². The molecule has 0 aliphatic carbocycles. The number of carbonyl (C=O) groups excluding carboxylic acids is 2. The fourth-order valence-corrected chi connectivity index (χ4v) is 2.40. The fourth-order valence-electron chi connectivity index (χ4n) is 2.40. The predicted octanol–water partition coefficient (Wildman–Crippen LogP) is 0.841. The molecule has 3 N–H and O–H groups in total. The second kappa shape index (κ2) is 7.78. The van der Waals surface area contributed by atoms with Crippen LogP contribution in [-0.2, 0) is 4.79 Å². The van der Waals surface area contributed by atoms with E-state index in [0.29, 0.717) is 18.7 Å². The highest BCUT2D eigenvalue weighted by Crippen LogP contribution is 2.10. The molecule has 5 nitrogen and oxygen atoms in total. The van der Waals surface area contributed by atoms with Crippen LogP contribution in [0.4, 0.5) is 0 Å². The van der Waals surface area contributed by atoms with Crippen molar-refractivity contribution < 1.29 is 9.59 Å². The average molecular weight is 289 g/mol. The van der Waals surface area contributed by atoms with E-state index < -0.39 is 0 Å². The van der Waals surface area contributed by atoms with Crippen molar-refractivity contribution in [1.82, 2.24) is 16.0 Å². The Morgan fingerprint density at radius 2 is 1.71 bits per heavy atom. The normalized spacial score (nSPS) is 15.5. The largest absolute Gasteiger partial charge is 0.354 e. The molecule has 0 spiro atoms. The summed E-state index contributed by atoms with van der Waals surface area (Å²) < 4.78 is 0. The first-order chi connectivity index (χ1) is 10.2. The summed E-state index contributed by atoms with van der Waals surface area (Å²) in [6.07, 6.45) is 1.78. The van der Waals surface area contributed by atoms with E-state index in [9.17, 15) is 9.59 Å². The van der Waals surface area contributed by atoms with Crippen molar-refractivity contribution in [2.75, 3.05) is 26.2 Å². The lowest BCUT2D eigenvalue weighted by Crippen LogP contribution is -2.41. The fraction of sp³-hybridized carbons (Fsp3) is 0.500. The van der Waals surface area contributed by atoms with Gasteiger partial charge in [0.05, 0.1) is 0 Å². The first kappa shape index (κ1) is 15.5. The Morgan fingerprint density at radius 1 is 1.10 bits per heavy atom. The zero-order chi connectivity index (χ0) is 15.1. The van der Waals surface area contributed by atoms with Crippen LogP contribution in [0.5, 0.6) is 0 Å². The summed E-state index contributed by atoms with van der Waals surface area (Å²) in [6.45, 7) is 4.71. The third kappa shape index (κ3) is 4.86. The van der Waals surface area contributed by atoms with Gasteiger partial charge >= 0.3 is 0 Å². The van der Waals surface area contributed by atoms with Crippen molar-refractivity contribution in [3.05, 3.63) is 35.4 Å². The number of amides is 2. The van der Waals surface area contributed by atoms with Gasteiger partial charge in [-0.1, -0.05) is 17.7 Å². The molecule has 21 heavy (non-hydrogen) atoms. The molecule has 1 aliphatic rings. The summed E-state index contributed by atoms with van der Waals surface area (Å²) in [5.41, 5.74) is 1.77. The maximum atomic E-state index is 11.9. The zero-order valence-electron chi connectivity index (χ0n) is 12.4. The number of nitrogens with one attached hydrogen (secondary N) is 3. The van der Waals surface area contributed by atoms with Gasteiger partial charge in [-0.3, -0.25) is 9.59 Å². The van der Waals surface area contributed by atoms with Gasteiger partial charge in [-0.25, -0.2) is 0 Å². The van der Waals surface area contributed by atoms with Crippen LogP contribution in [0.2, 0.25) is 0 Å². The number of benzene rings is 1. The molecule has 5 heteroatoms. The van der Waals surface area contributed by atoms with Crippen LogP contribution in [0.15, 0.2) is 24.3 Å². The molecule has 114 valence electrons. The van der Waals surface area contributed by atoms with Crippen molar-refractivity contribution in [2.45, 2.75) is 19.8 Å². The summed E-state index contributed by atoms with van der Waals surface area (Å²) in [4.78, 5) is 23.8. The zero-order valence-corrected chi connectivity index (χ0v) is 12.4. The molecule has 0 atom stereocenters. The highest BCUT2D eigenvalue weighted by atomic mass is 16.2. The van der Waals surface area contributed by atoms with E-state index >= 15 is 0 Å². The second-order valence-corrected chi connectivity index (χ2v) is 5.44. The van der Waals surface area contributed by atoms with Gasteiger partial charge in [0.15, 0.2) is 0 Å². The standard InChI is InChI=1S/C16H23N3O2/c1-12-2-4-13(5-3-12)15(20)18-10-11-19-16(21)14-6-8-17-9-7-14/h2-5,14,17H,6-11H2,1H3,(H,18,20)(H,19,21). The van der Waals surface area contributed by atoms with Crippen LogP contribution >= 0.6 is 0 Å². The number of hydrogen-bond acceptors (Lipinski definition) is 3. The van der Waals surface area contributed by atoms with Gasteiger partial charge in [-0.2, -0.15) is 0 Å². The Kier molecular flexibility index (Phi) is 5.75. The van der Waals surface area contributed by atoms with Crippen molar-refractivity contribution in [3.63, 3.8) is 0 Å². The summed E-state index contributed by atoms with van der Waals surface area (Å²) in [5.74, 6) is 0.103. The van der Waals surface area contributed by atoms with Crippen molar-refractivity contribution in [1.29, 1.82) is 0 Å². The first-order valence-electron chi connectivity index (χ1n) is 7.50. The van der Waals surface area contributed by atoms with Gasteiger partial charge in [-0.05, 0) is 45.0 Å². The Balaban J connectivity index is 1.66. The van der Waals surface area contributed by atoms with Gasteiger partial charge in [0.1, 0.15) is 0 Å². The predicted molar refractivity (Wildman–Crippen MR) is 82.1 cm³/mol. The molecule has 1 heterocycles. The SMILES string of the molecule is Cc1ccc(C(=O)NCCNC(=O)C2CCNCC2)cc1. The highest BCUT2D eigenvalue weighted by Gasteiger charge is 2.20. The monoisotopic (exact) mass is 289 g/mol. The van der Waals surface area contributed by atoms with Gasteiger partial charge in [0.25, 0.3) is 5.91 Å². The Hall–Kier alpha value is -1.88. The molecule has 0 saturated carbocycles. The Labute approximate surface area is 125 Å². The van der Waals surface area contributed by atoms with Crippen LogP contribution in [-0.4, -0.2) is 38.0 Å². The maximum absolute atomic E-state index is 11.9. The first-order valence-corrected chi connectivity index (χ1v) is 7.50. The van der Waals surface area contributed by atoms with Crippen molar-refractivity contribution in [2.24, 2.45) is 5.92 Å². The number of aryl methyl sites for hydroxylation is 1. The molecule has 1 aromatic rings. The van der Waals surface area contributed by atoms with Crippen LogP contribution in [0.25, 0.3) is 0 Å². The molecular weight excluding hydrogens is 266 g/mol.